The first-order chi connectivity index (χ1) is 8.82. The zero-order valence-corrected chi connectivity index (χ0v) is 10.3. The normalized spacial score (nSPS) is 11.4. The number of hydrogen-bond donors (Lipinski definition) is 0. The Balaban J connectivity index is 2.74. The molecule has 0 aromatic carbocycles. The number of nitrogens with zero attached hydrogens (tertiary/aromatic N) is 4. The van der Waals surface area contributed by atoms with Crippen LogP contribution in [0.15, 0.2) is 18.2 Å². The molecule has 2 rings (SSSR count). The monoisotopic (exact) mass is 286 g/mol. The van der Waals surface area contributed by atoms with Crippen molar-refractivity contribution in [3.63, 3.8) is 0 Å². The number of halogens is 4. The van der Waals surface area contributed by atoms with E-state index < -0.39 is 17.6 Å². The van der Waals surface area contributed by atoms with Crippen molar-refractivity contribution in [1.82, 2.24) is 14.8 Å². The van der Waals surface area contributed by atoms with Crippen LogP contribution in [0.3, 0.4) is 0 Å². The molecule has 2 aromatic rings. The minimum absolute atomic E-state index is 0.0437. The molecule has 4 nitrogen and oxygen atoms in total. The molecule has 0 radical (unpaired) electrons. The summed E-state index contributed by atoms with van der Waals surface area (Å²) in [4.78, 5) is 3.63. The van der Waals surface area contributed by atoms with E-state index in [0.717, 1.165) is 16.8 Å². The first-order valence-corrected chi connectivity index (χ1v) is 5.41. The van der Waals surface area contributed by atoms with E-state index in [1.807, 2.05) is 0 Å². The molecule has 98 valence electrons. The fraction of sp³-hybridized carbons (Fsp3) is 0.182. The summed E-state index contributed by atoms with van der Waals surface area (Å²) in [5, 5.41) is 12.6. The highest BCUT2D eigenvalue weighted by molar-refractivity contribution is 6.29. The highest BCUT2D eigenvalue weighted by Gasteiger charge is 2.35. The van der Waals surface area contributed by atoms with E-state index in [-0.39, 0.29) is 10.8 Å². The van der Waals surface area contributed by atoms with Gasteiger partial charge in [-0.15, -0.1) is 0 Å². The summed E-state index contributed by atoms with van der Waals surface area (Å²) < 4.78 is 39.5. The van der Waals surface area contributed by atoms with Gasteiger partial charge in [0, 0.05) is 0 Å². The zero-order valence-electron chi connectivity index (χ0n) is 9.53. The van der Waals surface area contributed by atoms with Crippen molar-refractivity contribution in [2.24, 2.45) is 0 Å². The van der Waals surface area contributed by atoms with Gasteiger partial charge in [0.1, 0.15) is 22.5 Å². The molecule has 0 fully saturated rings. The van der Waals surface area contributed by atoms with Gasteiger partial charge in [-0.2, -0.15) is 23.5 Å². The highest BCUT2D eigenvalue weighted by Crippen LogP contribution is 2.33. The van der Waals surface area contributed by atoms with Gasteiger partial charge in [-0.25, -0.2) is 9.67 Å². The Labute approximate surface area is 111 Å². The topological polar surface area (TPSA) is 54.5 Å². The average molecular weight is 287 g/mol. The van der Waals surface area contributed by atoms with Crippen molar-refractivity contribution < 1.29 is 13.2 Å². The lowest BCUT2D eigenvalue weighted by atomic mass is 10.2. The van der Waals surface area contributed by atoms with Crippen molar-refractivity contribution in [3.8, 4) is 11.9 Å². The van der Waals surface area contributed by atoms with Crippen LogP contribution in [0.25, 0.3) is 5.82 Å². The zero-order chi connectivity index (χ0) is 14.2. The first-order valence-electron chi connectivity index (χ1n) is 5.04. The summed E-state index contributed by atoms with van der Waals surface area (Å²) >= 11 is 5.62. The van der Waals surface area contributed by atoms with Crippen molar-refractivity contribution >= 4 is 11.6 Å². The van der Waals surface area contributed by atoms with E-state index in [2.05, 4.69) is 10.1 Å². The van der Waals surface area contributed by atoms with E-state index in [0.29, 0.717) is 5.69 Å². The van der Waals surface area contributed by atoms with Crippen molar-refractivity contribution in [2.45, 2.75) is 13.1 Å². The van der Waals surface area contributed by atoms with Crippen LogP contribution in [0.2, 0.25) is 5.15 Å². The third-order valence-corrected chi connectivity index (χ3v) is 2.50. The third kappa shape index (κ3) is 2.53. The fourth-order valence-corrected chi connectivity index (χ4v) is 1.69. The second kappa shape index (κ2) is 4.55. The third-order valence-electron chi connectivity index (χ3n) is 2.29. The largest absolute Gasteiger partial charge is 0.420 e. The van der Waals surface area contributed by atoms with Crippen LogP contribution in [0, 0.1) is 18.3 Å². The van der Waals surface area contributed by atoms with Gasteiger partial charge in [-0.05, 0) is 25.1 Å². The summed E-state index contributed by atoms with van der Waals surface area (Å²) in [6.45, 7) is 1.56. The molecular formula is C11H6ClF3N4. The summed E-state index contributed by atoms with van der Waals surface area (Å²) in [7, 11) is 0. The van der Waals surface area contributed by atoms with Gasteiger partial charge in [0.25, 0.3) is 0 Å². The van der Waals surface area contributed by atoms with Crippen LogP contribution >= 0.6 is 11.6 Å². The second-order valence-electron chi connectivity index (χ2n) is 3.70. The Bertz CT molecular complexity index is 670. The lowest BCUT2D eigenvalue weighted by Crippen LogP contribution is -2.14. The number of aryl methyl sites for hydroxylation is 1. The molecule has 0 saturated heterocycles. The number of pyridine rings is 1. The quantitative estimate of drug-likeness (QED) is 0.757. The molecule has 0 unspecified atom stereocenters. The molecule has 8 heteroatoms. The Morgan fingerprint density at radius 1 is 1.37 bits per heavy atom. The number of rotatable bonds is 1. The van der Waals surface area contributed by atoms with Crippen LogP contribution < -0.4 is 0 Å². The predicted octanol–water partition coefficient (Wildman–Crippen LogP) is 3.12. The minimum atomic E-state index is -4.61. The Morgan fingerprint density at radius 3 is 2.63 bits per heavy atom. The Hall–Kier alpha value is -2.07. The smallest absolute Gasteiger partial charge is 0.216 e. The molecule has 0 bridgehead atoms. The van der Waals surface area contributed by atoms with Gasteiger partial charge in [-0.3, -0.25) is 0 Å². The average Bonchev–Trinajstić information content (AvgIpc) is 2.68. The summed E-state index contributed by atoms with van der Waals surface area (Å²) in [5.41, 5.74) is -0.638. The molecule has 19 heavy (non-hydrogen) atoms. The van der Waals surface area contributed by atoms with Crippen molar-refractivity contribution in [1.29, 1.82) is 5.26 Å². The van der Waals surface area contributed by atoms with Crippen LogP contribution in [0.1, 0.15) is 17.0 Å². The minimum Gasteiger partial charge on any atom is -0.216 e. The highest BCUT2D eigenvalue weighted by atomic mass is 35.5. The van der Waals surface area contributed by atoms with E-state index in [1.165, 1.54) is 6.07 Å². The molecule has 0 saturated carbocycles. The molecule has 0 aliphatic rings. The van der Waals surface area contributed by atoms with E-state index in [4.69, 9.17) is 16.9 Å². The van der Waals surface area contributed by atoms with Crippen LogP contribution in [0.4, 0.5) is 13.2 Å². The van der Waals surface area contributed by atoms with E-state index >= 15 is 0 Å². The molecule has 0 amide bonds. The van der Waals surface area contributed by atoms with Gasteiger partial charge < -0.3 is 0 Å². The maximum atomic E-state index is 12.9. The van der Waals surface area contributed by atoms with Crippen LogP contribution in [-0.4, -0.2) is 14.8 Å². The number of hydrogen-bond acceptors (Lipinski definition) is 3. The van der Waals surface area contributed by atoms with Gasteiger partial charge >= 0.3 is 6.18 Å². The fourth-order valence-electron chi connectivity index (χ4n) is 1.55. The molecule has 0 N–H and O–H groups in total. The maximum Gasteiger partial charge on any atom is 0.420 e. The molecule has 2 heterocycles. The summed E-state index contributed by atoms with van der Waals surface area (Å²) in [6.07, 6.45) is -4.61. The Morgan fingerprint density at radius 2 is 2.05 bits per heavy atom. The van der Waals surface area contributed by atoms with E-state index in [1.54, 1.807) is 13.0 Å². The maximum absolute atomic E-state index is 12.9. The Kier molecular flexibility index (Phi) is 3.20. The molecule has 2 aromatic heterocycles. The lowest BCUT2D eigenvalue weighted by molar-refractivity contribution is -0.137. The van der Waals surface area contributed by atoms with Crippen molar-refractivity contribution in [2.75, 3.05) is 0 Å². The standard InChI is InChI=1S/C11H6ClF3N4/c1-6-4-7(5-16)19(18-6)10-8(11(13,14)15)2-3-9(12)17-10/h2-4H,1H3. The van der Waals surface area contributed by atoms with Crippen LogP contribution in [0.5, 0.6) is 0 Å². The van der Waals surface area contributed by atoms with Gasteiger partial charge in [0.2, 0.25) is 0 Å². The van der Waals surface area contributed by atoms with Crippen molar-refractivity contribution in [3.05, 3.63) is 40.3 Å². The molecule has 0 aliphatic carbocycles. The van der Waals surface area contributed by atoms with Gasteiger partial charge in [0.05, 0.1) is 5.69 Å². The first kappa shape index (κ1) is 13.4. The molecule has 0 atom stereocenters. The molecule has 0 spiro atoms. The van der Waals surface area contributed by atoms with Crippen LogP contribution in [-0.2, 0) is 6.18 Å². The van der Waals surface area contributed by atoms with Gasteiger partial charge in [0.15, 0.2) is 5.82 Å². The summed E-state index contributed by atoms with van der Waals surface area (Å²) in [6, 6.07) is 4.97. The summed E-state index contributed by atoms with van der Waals surface area (Å²) in [5.74, 6) is -0.510. The van der Waals surface area contributed by atoms with Gasteiger partial charge in [-0.1, -0.05) is 11.6 Å². The molecular weight excluding hydrogens is 281 g/mol. The molecule has 0 aliphatic heterocycles. The lowest BCUT2D eigenvalue weighted by Gasteiger charge is -2.12. The predicted molar refractivity (Wildman–Crippen MR) is 60.8 cm³/mol. The second-order valence-corrected chi connectivity index (χ2v) is 4.08. The van der Waals surface area contributed by atoms with E-state index in [9.17, 15) is 13.2 Å². The number of aromatic nitrogens is 3. The number of nitriles is 1. The SMILES string of the molecule is Cc1cc(C#N)n(-c2nc(Cl)ccc2C(F)(F)F)n1. The number of alkyl halides is 3.